The van der Waals surface area contributed by atoms with Crippen molar-refractivity contribution in [3.63, 3.8) is 0 Å². The summed E-state index contributed by atoms with van der Waals surface area (Å²) >= 11 is 0. The number of hydrazine groups is 1. The molecule has 0 amide bonds. The number of ether oxygens (including phenoxy) is 1. The number of carbonyl (C=O) groups is 1. The third-order valence-corrected chi connectivity index (χ3v) is 4.02. The first kappa shape index (κ1) is 19.0. The maximum absolute atomic E-state index is 14.4. The van der Waals surface area contributed by atoms with Crippen LogP contribution in [0.5, 0.6) is 0 Å². The summed E-state index contributed by atoms with van der Waals surface area (Å²) in [6.07, 6.45) is 0.866. The number of halogens is 2. The van der Waals surface area contributed by atoms with Crippen molar-refractivity contribution in [1.29, 1.82) is 0 Å². The zero-order chi connectivity index (χ0) is 19.8. The van der Waals surface area contributed by atoms with Crippen LogP contribution in [0.3, 0.4) is 0 Å². The summed E-state index contributed by atoms with van der Waals surface area (Å²) in [5.41, 5.74) is 3.58. The van der Waals surface area contributed by atoms with E-state index in [-0.39, 0.29) is 5.56 Å². The van der Waals surface area contributed by atoms with Gasteiger partial charge in [0.1, 0.15) is 17.2 Å². The van der Waals surface area contributed by atoms with Crippen LogP contribution in [0.4, 0.5) is 13.6 Å². The number of hydrogen-bond acceptors (Lipinski definition) is 4. The standard InChI is InChI=1S/C20H21F2N3O2/c1-20(2,3)27-19(26)25-11-15(14-9-13(21)7-8-16(14)22)18-12(10-24-23)5-4-6-17(18)25/h4-9,11,24H,10,23H2,1-3H3. The van der Waals surface area contributed by atoms with Crippen molar-refractivity contribution in [3.8, 4) is 11.1 Å². The van der Waals surface area contributed by atoms with Gasteiger partial charge in [-0.15, -0.1) is 0 Å². The Morgan fingerprint density at radius 1 is 1.19 bits per heavy atom. The Kier molecular flexibility index (Phi) is 4.99. The largest absolute Gasteiger partial charge is 0.443 e. The van der Waals surface area contributed by atoms with Crippen LogP contribution in [0.1, 0.15) is 26.3 Å². The molecular formula is C20H21F2N3O2. The Hall–Kier alpha value is -2.77. The van der Waals surface area contributed by atoms with Gasteiger partial charge in [0.2, 0.25) is 0 Å². The molecule has 0 radical (unpaired) electrons. The summed E-state index contributed by atoms with van der Waals surface area (Å²) in [5.74, 6) is 4.30. The SMILES string of the molecule is CC(C)(C)OC(=O)n1cc(-c2cc(F)ccc2F)c2c(CNN)cccc21. The lowest BCUT2D eigenvalue weighted by Crippen LogP contribution is -2.26. The molecule has 0 saturated heterocycles. The fourth-order valence-electron chi connectivity index (χ4n) is 2.99. The van der Waals surface area contributed by atoms with Gasteiger partial charge in [-0.05, 0) is 50.6 Å². The Labute approximate surface area is 155 Å². The molecule has 3 rings (SSSR count). The van der Waals surface area contributed by atoms with Crippen LogP contribution in [0, 0.1) is 11.6 Å². The zero-order valence-corrected chi connectivity index (χ0v) is 15.3. The number of nitrogens with zero attached hydrogens (tertiary/aromatic N) is 1. The Bertz CT molecular complexity index is 1010. The summed E-state index contributed by atoms with van der Waals surface area (Å²) in [5, 5.41) is 0.603. The third kappa shape index (κ3) is 3.84. The monoisotopic (exact) mass is 373 g/mol. The summed E-state index contributed by atoms with van der Waals surface area (Å²) < 4.78 is 35.0. The average Bonchev–Trinajstić information content (AvgIpc) is 2.96. The van der Waals surface area contributed by atoms with Gasteiger partial charge in [0.05, 0.1) is 5.52 Å². The molecule has 0 aliphatic heterocycles. The van der Waals surface area contributed by atoms with Crippen molar-refractivity contribution in [3.05, 3.63) is 59.8 Å². The summed E-state index contributed by atoms with van der Waals surface area (Å²) in [7, 11) is 0. The normalized spacial score (nSPS) is 11.8. The summed E-state index contributed by atoms with van der Waals surface area (Å²) in [4.78, 5) is 12.7. The van der Waals surface area contributed by atoms with E-state index in [1.54, 1.807) is 32.9 Å². The summed E-state index contributed by atoms with van der Waals surface area (Å²) in [6, 6.07) is 8.51. The number of aromatic nitrogens is 1. The Morgan fingerprint density at radius 2 is 1.93 bits per heavy atom. The van der Waals surface area contributed by atoms with E-state index >= 15 is 0 Å². The fourth-order valence-corrected chi connectivity index (χ4v) is 2.99. The lowest BCUT2D eigenvalue weighted by Gasteiger charge is -2.19. The molecule has 142 valence electrons. The Balaban J connectivity index is 2.29. The minimum Gasteiger partial charge on any atom is -0.443 e. The van der Waals surface area contributed by atoms with Crippen molar-refractivity contribution >= 4 is 17.0 Å². The minimum atomic E-state index is -0.700. The highest BCUT2D eigenvalue weighted by atomic mass is 19.1. The van der Waals surface area contributed by atoms with Crippen LogP contribution in [-0.4, -0.2) is 16.3 Å². The van der Waals surface area contributed by atoms with E-state index in [1.165, 1.54) is 10.8 Å². The minimum absolute atomic E-state index is 0.0618. The van der Waals surface area contributed by atoms with Crippen LogP contribution in [0.15, 0.2) is 42.6 Å². The molecule has 2 aromatic carbocycles. The maximum Gasteiger partial charge on any atom is 0.419 e. The number of rotatable bonds is 3. The molecule has 5 nitrogen and oxygen atoms in total. The van der Waals surface area contributed by atoms with Crippen LogP contribution >= 0.6 is 0 Å². The van der Waals surface area contributed by atoms with E-state index in [0.29, 0.717) is 23.0 Å². The second-order valence-corrected chi connectivity index (χ2v) is 7.21. The first-order valence-electron chi connectivity index (χ1n) is 8.46. The van der Waals surface area contributed by atoms with E-state index < -0.39 is 23.3 Å². The first-order valence-corrected chi connectivity index (χ1v) is 8.46. The van der Waals surface area contributed by atoms with Gasteiger partial charge in [0, 0.05) is 29.3 Å². The molecule has 1 aromatic heterocycles. The topological polar surface area (TPSA) is 69.3 Å². The fraction of sp³-hybridized carbons (Fsp3) is 0.250. The van der Waals surface area contributed by atoms with Crippen LogP contribution in [0.2, 0.25) is 0 Å². The number of carbonyl (C=O) groups excluding carboxylic acids is 1. The average molecular weight is 373 g/mol. The van der Waals surface area contributed by atoms with E-state index in [0.717, 1.165) is 23.8 Å². The predicted molar refractivity (Wildman–Crippen MR) is 99.9 cm³/mol. The molecule has 3 N–H and O–H groups in total. The number of benzene rings is 2. The molecule has 27 heavy (non-hydrogen) atoms. The molecule has 0 bridgehead atoms. The van der Waals surface area contributed by atoms with Gasteiger partial charge in [-0.25, -0.2) is 13.6 Å². The first-order chi connectivity index (χ1) is 12.7. The Morgan fingerprint density at radius 3 is 2.59 bits per heavy atom. The van der Waals surface area contributed by atoms with Crippen molar-refractivity contribution in [2.24, 2.45) is 5.84 Å². The second kappa shape index (κ2) is 7.09. The third-order valence-electron chi connectivity index (χ3n) is 4.02. The van der Waals surface area contributed by atoms with Crippen molar-refractivity contribution in [1.82, 2.24) is 9.99 Å². The van der Waals surface area contributed by atoms with E-state index in [9.17, 15) is 13.6 Å². The van der Waals surface area contributed by atoms with E-state index in [4.69, 9.17) is 10.6 Å². The quantitative estimate of drug-likeness (QED) is 0.530. The highest BCUT2D eigenvalue weighted by molar-refractivity contribution is 6.02. The molecule has 0 saturated carbocycles. The van der Waals surface area contributed by atoms with E-state index in [2.05, 4.69) is 5.43 Å². The highest BCUT2D eigenvalue weighted by Gasteiger charge is 2.23. The number of hydrogen-bond donors (Lipinski definition) is 2. The van der Waals surface area contributed by atoms with Gasteiger partial charge in [0.25, 0.3) is 0 Å². The zero-order valence-electron chi connectivity index (χ0n) is 15.3. The number of nitrogens with two attached hydrogens (primary N) is 1. The van der Waals surface area contributed by atoms with Crippen LogP contribution in [-0.2, 0) is 11.3 Å². The molecule has 0 fully saturated rings. The molecular weight excluding hydrogens is 352 g/mol. The molecule has 0 spiro atoms. The lowest BCUT2D eigenvalue weighted by atomic mass is 10.00. The molecule has 3 aromatic rings. The van der Waals surface area contributed by atoms with Gasteiger partial charge in [0.15, 0.2) is 0 Å². The van der Waals surface area contributed by atoms with E-state index in [1.807, 2.05) is 6.07 Å². The predicted octanol–water partition coefficient (Wildman–Crippen LogP) is 4.33. The van der Waals surface area contributed by atoms with Gasteiger partial charge < -0.3 is 4.74 Å². The van der Waals surface area contributed by atoms with Crippen molar-refractivity contribution < 1.29 is 18.3 Å². The van der Waals surface area contributed by atoms with Crippen molar-refractivity contribution in [2.75, 3.05) is 0 Å². The summed E-state index contributed by atoms with van der Waals surface area (Å²) in [6.45, 7) is 5.56. The van der Waals surface area contributed by atoms with Crippen LogP contribution in [0.25, 0.3) is 22.0 Å². The van der Waals surface area contributed by atoms with Gasteiger partial charge >= 0.3 is 6.09 Å². The molecule has 0 aliphatic carbocycles. The smallest absolute Gasteiger partial charge is 0.419 e. The lowest BCUT2D eigenvalue weighted by molar-refractivity contribution is 0.0544. The van der Waals surface area contributed by atoms with Crippen molar-refractivity contribution in [2.45, 2.75) is 32.9 Å². The molecule has 0 unspecified atom stereocenters. The van der Waals surface area contributed by atoms with Crippen LogP contribution < -0.4 is 11.3 Å². The van der Waals surface area contributed by atoms with Gasteiger partial charge in [-0.1, -0.05) is 12.1 Å². The highest BCUT2D eigenvalue weighted by Crippen LogP contribution is 2.35. The molecule has 1 heterocycles. The molecule has 7 heteroatoms. The molecule has 0 aliphatic rings. The molecule has 0 atom stereocenters. The number of nitrogens with one attached hydrogen (secondary N) is 1. The van der Waals surface area contributed by atoms with Gasteiger partial charge in [-0.3, -0.25) is 15.8 Å². The second-order valence-electron chi connectivity index (χ2n) is 7.21. The maximum atomic E-state index is 14.4. The van der Waals surface area contributed by atoms with Gasteiger partial charge in [-0.2, -0.15) is 0 Å². The number of fused-ring (bicyclic) bond motifs is 1.